The lowest BCUT2D eigenvalue weighted by Crippen LogP contribution is -2.24. The van der Waals surface area contributed by atoms with Crippen molar-refractivity contribution in [1.29, 1.82) is 0 Å². The molecule has 21 heavy (non-hydrogen) atoms. The Kier molecular flexibility index (Phi) is 5.49. The van der Waals surface area contributed by atoms with Crippen LogP contribution in [0, 0.1) is 6.92 Å². The predicted octanol–water partition coefficient (Wildman–Crippen LogP) is 2.89. The summed E-state index contributed by atoms with van der Waals surface area (Å²) in [5, 5.41) is 10.9. The fourth-order valence-corrected chi connectivity index (χ4v) is 1.96. The maximum absolute atomic E-state index is 11.6. The highest BCUT2D eigenvalue weighted by Crippen LogP contribution is 2.19. The summed E-state index contributed by atoms with van der Waals surface area (Å²) in [6.45, 7) is 4.84. The molecular formula is C16H21N3O2. The predicted molar refractivity (Wildman–Crippen MR) is 80.7 cm³/mol. The van der Waals surface area contributed by atoms with Crippen molar-refractivity contribution in [2.24, 2.45) is 0 Å². The van der Waals surface area contributed by atoms with Crippen LogP contribution in [-0.4, -0.2) is 22.6 Å². The molecule has 0 bridgehead atoms. The van der Waals surface area contributed by atoms with Gasteiger partial charge in [0.25, 0.3) is 0 Å². The number of benzene rings is 1. The number of aromatic nitrogens is 2. The molecule has 0 saturated carbocycles. The van der Waals surface area contributed by atoms with Gasteiger partial charge in [-0.3, -0.25) is 4.79 Å². The van der Waals surface area contributed by atoms with E-state index in [1.807, 2.05) is 31.2 Å². The first kappa shape index (κ1) is 15.2. The van der Waals surface area contributed by atoms with Crippen LogP contribution < -0.4 is 5.32 Å². The number of hydrogen-bond acceptors (Lipinski definition) is 4. The number of carbonyl (C=O) groups is 1. The van der Waals surface area contributed by atoms with E-state index in [0.29, 0.717) is 24.6 Å². The van der Waals surface area contributed by atoms with Crippen molar-refractivity contribution in [3.63, 3.8) is 0 Å². The molecule has 0 fully saturated rings. The number of nitrogens with zero attached hydrogens (tertiary/aromatic N) is 2. The molecule has 1 aromatic heterocycles. The van der Waals surface area contributed by atoms with Gasteiger partial charge in [0.2, 0.25) is 17.7 Å². The van der Waals surface area contributed by atoms with E-state index in [2.05, 4.69) is 22.4 Å². The third-order valence-corrected chi connectivity index (χ3v) is 3.15. The second-order valence-corrected chi connectivity index (χ2v) is 5.07. The largest absolute Gasteiger partial charge is 0.421 e. The number of carbonyl (C=O) groups excluding carboxylic acids is 1. The molecule has 2 aromatic rings. The van der Waals surface area contributed by atoms with Gasteiger partial charge in [0.15, 0.2) is 0 Å². The van der Waals surface area contributed by atoms with Gasteiger partial charge in [-0.1, -0.05) is 31.0 Å². The maximum atomic E-state index is 11.6. The summed E-state index contributed by atoms with van der Waals surface area (Å²) >= 11 is 0. The number of aryl methyl sites for hydroxylation is 2. The Morgan fingerprint density at radius 1 is 1.33 bits per heavy atom. The van der Waals surface area contributed by atoms with E-state index in [-0.39, 0.29) is 5.91 Å². The molecule has 0 spiro atoms. The van der Waals surface area contributed by atoms with E-state index < -0.39 is 0 Å². The molecule has 1 aromatic carbocycles. The minimum Gasteiger partial charge on any atom is -0.421 e. The van der Waals surface area contributed by atoms with Crippen molar-refractivity contribution in [3.05, 3.63) is 35.7 Å². The molecule has 0 aliphatic rings. The van der Waals surface area contributed by atoms with Crippen molar-refractivity contribution in [3.8, 4) is 11.5 Å². The highest BCUT2D eigenvalue weighted by molar-refractivity contribution is 5.75. The summed E-state index contributed by atoms with van der Waals surface area (Å²) in [7, 11) is 0. The maximum Gasteiger partial charge on any atom is 0.247 e. The fraction of sp³-hybridized carbons (Fsp3) is 0.438. The summed E-state index contributed by atoms with van der Waals surface area (Å²) in [5.41, 5.74) is 2.05. The third kappa shape index (κ3) is 4.70. The minimum absolute atomic E-state index is 0.0266. The molecule has 0 atom stereocenters. The smallest absolute Gasteiger partial charge is 0.247 e. The first-order valence-electron chi connectivity index (χ1n) is 7.35. The van der Waals surface area contributed by atoms with Crippen molar-refractivity contribution in [1.82, 2.24) is 15.5 Å². The molecule has 0 unspecified atom stereocenters. The average Bonchev–Trinajstić information content (AvgIpc) is 2.94. The van der Waals surface area contributed by atoms with Crippen LogP contribution in [-0.2, 0) is 11.2 Å². The van der Waals surface area contributed by atoms with Crippen molar-refractivity contribution in [2.75, 3.05) is 6.54 Å². The summed E-state index contributed by atoms with van der Waals surface area (Å²) < 4.78 is 5.60. The third-order valence-electron chi connectivity index (χ3n) is 3.15. The SMILES string of the molecule is CCCCNC(=O)CCc1nnc(-c2cccc(C)c2)o1. The molecule has 5 heteroatoms. The van der Waals surface area contributed by atoms with Gasteiger partial charge in [-0.25, -0.2) is 0 Å². The van der Waals surface area contributed by atoms with Crippen LogP contribution in [0.25, 0.3) is 11.5 Å². The zero-order valence-corrected chi connectivity index (χ0v) is 12.6. The highest BCUT2D eigenvalue weighted by atomic mass is 16.4. The van der Waals surface area contributed by atoms with Gasteiger partial charge in [0.1, 0.15) is 0 Å². The zero-order chi connectivity index (χ0) is 15.1. The topological polar surface area (TPSA) is 68.0 Å². The Labute approximate surface area is 124 Å². The second-order valence-electron chi connectivity index (χ2n) is 5.07. The number of nitrogens with one attached hydrogen (secondary N) is 1. The molecule has 0 saturated heterocycles. The van der Waals surface area contributed by atoms with Crippen molar-refractivity contribution >= 4 is 5.91 Å². The van der Waals surface area contributed by atoms with Crippen LogP contribution in [0.2, 0.25) is 0 Å². The summed E-state index contributed by atoms with van der Waals surface area (Å²) in [6, 6.07) is 7.90. The van der Waals surface area contributed by atoms with Crippen LogP contribution in [0.4, 0.5) is 0 Å². The molecule has 1 amide bonds. The lowest BCUT2D eigenvalue weighted by molar-refractivity contribution is -0.121. The number of rotatable bonds is 7. The summed E-state index contributed by atoms with van der Waals surface area (Å²) in [5.74, 6) is 1.02. The molecule has 2 rings (SSSR count). The number of unbranched alkanes of at least 4 members (excludes halogenated alkanes) is 1. The molecule has 0 aliphatic carbocycles. The van der Waals surface area contributed by atoms with Gasteiger partial charge in [0, 0.05) is 24.9 Å². The molecule has 1 N–H and O–H groups in total. The monoisotopic (exact) mass is 287 g/mol. The standard InChI is InChI=1S/C16H21N3O2/c1-3-4-10-17-14(20)8-9-15-18-19-16(21-15)13-7-5-6-12(2)11-13/h5-7,11H,3-4,8-10H2,1-2H3,(H,17,20). The van der Waals surface area contributed by atoms with E-state index in [1.165, 1.54) is 0 Å². The van der Waals surface area contributed by atoms with E-state index in [1.54, 1.807) is 0 Å². The Morgan fingerprint density at radius 2 is 2.19 bits per heavy atom. The van der Waals surface area contributed by atoms with Gasteiger partial charge in [-0.15, -0.1) is 10.2 Å². The van der Waals surface area contributed by atoms with Crippen molar-refractivity contribution < 1.29 is 9.21 Å². The first-order valence-corrected chi connectivity index (χ1v) is 7.35. The van der Waals surface area contributed by atoms with Gasteiger partial charge in [-0.2, -0.15) is 0 Å². The van der Waals surface area contributed by atoms with Crippen LogP contribution in [0.15, 0.2) is 28.7 Å². The normalized spacial score (nSPS) is 10.6. The van der Waals surface area contributed by atoms with Crippen LogP contribution >= 0.6 is 0 Å². The number of amides is 1. The quantitative estimate of drug-likeness (QED) is 0.795. The lowest BCUT2D eigenvalue weighted by Gasteiger charge is -2.02. The Balaban J connectivity index is 1.87. The first-order chi connectivity index (χ1) is 10.2. The molecule has 1 heterocycles. The summed E-state index contributed by atoms with van der Waals surface area (Å²) in [4.78, 5) is 11.6. The average molecular weight is 287 g/mol. The van der Waals surface area contributed by atoms with Crippen LogP contribution in [0.1, 0.15) is 37.6 Å². The fourth-order valence-electron chi connectivity index (χ4n) is 1.96. The zero-order valence-electron chi connectivity index (χ0n) is 12.6. The van der Waals surface area contributed by atoms with Crippen LogP contribution in [0.3, 0.4) is 0 Å². The van der Waals surface area contributed by atoms with Crippen molar-refractivity contribution in [2.45, 2.75) is 39.5 Å². The van der Waals surface area contributed by atoms with Gasteiger partial charge < -0.3 is 9.73 Å². The highest BCUT2D eigenvalue weighted by Gasteiger charge is 2.10. The van der Waals surface area contributed by atoms with E-state index in [0.717, 1.165) is 30.5 Å². The second kappa shape index (κ2) is 7.57. The Bertz CT molecular complexity index is 593. The van der Waals surface area contributed by atoms with Gasteiger partial charge in [0.05, 0.1) is 0 Å². The Morgan fingerprint density at radius 3 is 2.95 bits per heavy atom. The minimum atomic E-state index is 0.0266. The lowest BCUT2D eigenvalue weighted by atomic mass is 10.1. The molecular weight excluding hydrogens is 266 g/mol. The molecule has 0 aliphatic heterocycles. The molecule has 5 nitrogen and oxygen atoms in total. The van der Waals surface area contributed by atoms with Crippen LogP contribution in [0.5, 0.6) is 0 Å². The number of hydrogen-bond donors (Lipinski definition) is 1. The van der Waals surface area contributed by atoms with Gasteiger partial charge >= 0.3 is 0 Å². The summed E-state index contributed by atoms with van der Waals surface area (Å²) in [6.07, 6.45) is 2.92. The molecule has 112 valence electrons. The van der Waals surface area contributed by atoms with E-state index >= 15 is 0 Å². The van der Waals surface area contributed by atoms with Gasteiger partial charge in [-0.05, 0) is 25.5 Å². The van der Waals surface area contributed by atoms with E-state index in [4.69, 9.17) is 4.42 Å². The Hall–Kier alpha value is -2.17. The van der Waals surface area contributed by atoms with E-state index in [9.17, 15) is 4.79 Å². The molecule has 0 radical (unpaired) electrons.